The number of fused-ring (bicyclic) bond motifs is 1. The van der Waals surface area contributed by atoms with Crippen molar-refractivity contribution in [2.45, 2.75) is 13.0 Å². The van der Waals surface area contributed by atoms with Crippen LogP contribution in [-0.4, -0.2) is 25.6 Å². The summed E-state index contributed by atoms with van der Waals surface area (Å²) in [5.41, 5.74) is 0.899. The van der Waals surface area contributed by atoms with Crippen molar-refractivity contribution in [1.29, 1.82) is 0 Å². The number of furan rings is 1. The Labute approximate surface area is 161 Å². The van der Waals surface area contributed by atoms with Crippen LogP contribution in [0.3, 0.4) is 0 Å². The molecule has 1 heterocycles. The third kappa shape index (κ3) is 4.41. The predicted octanol–water partition coefficient (Wildman–Crippen LogP) is 4.13. The molecule has 140 valence electrons. The van der Waals surface area contributed by atoms with E-state index in [0.717, 1.165) is 11.0 Å². The first-order chi connectivity index (χ1) is 13.0. The molecule has 2 aromatic carbocycles. The molecule has 0 aliphatic heterocycles. The highest BCUT2D eigenvalue weighted by atomic mass is 35.5. The van der Waals surface area contributed by atoms with Gasteiger partial charge in [0.1, 0.15) is 22.7 Å². The third-order valence-corrected chi connectivity index (χ3v) is 4.20. The normalized spacial score (nSPS) is 11.8. The predicted molar refractivity (Wildman–Crippen MR) is 101 cm³/mol. The Morgan fingerprint density at radius 1 is 1.19 bits per heavy atom. The van der Waals surface area contributed by atoms with Crippen LogP contribution in [0.15, 0.2) is 52.9 Å². The Kier molecular flexibility index (Phi) is 5.66. The molecular formula is C20H18ClNO5. The molecule has 0 saturated heterocycles. The second-order valence-electron chi connectivity index (χ2n) is 5.90. The molecule has 0 fully saturated rings. The summed E-state index contributed by atoms with van der Waals surface area (Å²) in [6.45, 7) is 1.36. The van der Waals surface area contributed by atoms with Gasteiger partial charge in [0.05, 0.1) is 13.2 Å². The summed E-state index contributed by atoms with van der Waals surface area (Å²) in [7, 11) is 1.43. The summed E-state index contributed by atoms with van der Waals surface area (Å²) < 4.78 is 15.9. The number of benzene rings is 2. The Morgan fingerprint density at radius 2 is 1.96 bits per heavy atom. The molecular weight excluding hydrogens is 370 g/mol. The zero-order chi connectivity index (χ0) is 19.4. The number of ether oxygens (including phenoxy) is 2. The van der Waals surface area contributed by atoms with Gasteiger partial charge in [-0.25, -0.2) is 4.79 Å². The summed E-state index contributed by atoms with van der Waals surface area (Å²) in [6, 6.07) is 13.6. The molecule has 1 aromatic heterocycles. The van der Waals surface area contributed by atoms with E-state index in [1.807, 2.05) is 30.3 Å². The van der Waals surface area contributed by atoms with Gasteiger partial charge in [-0.1, -0.05) is 29.8 Å². The average Bonchev–Trinajstić information content (AvgIpc) is 3.10. The van der Waals surface area contributed by atoms with Crippen LogP contribution in [0.5, 0.6) is 5.75 Å². The number of para-hydroxylation sites is 1. The zero-order valence-corrected chi connectivity index (χ0v) is 15.6. The number of esters is 1. The molecule has 1 amide bonds. The zero-order valence-electron chi connectivity index (χ0n) is 14.8. The Balaban J connectivity index is 1.59. The first kappa shape index (κ1) is 18.8. The number of carbonyl (C=O) groups excluding carboxylic acids is 2. The summed E-state index contributed by atoms with van der Waals surface area (Å²) >= 11 is 5.90. The SMILES string of the molecule is COc1ccc(Cl)cc1C(=O)OCC(=O)N[C@H](C)c1cc2ccccc2o1. The van der Waals surface area contributed by atoms with Gasteiger partial charge in [0, 0.05) is 10.4 Å². The Morgan fingerprint density at radius 3 is 2.70 bits per heavy atom. The first-order valence-corrected chi connectivity index (χ1v) is 8.64. The number of hydrogen-bond acceptors (Lipinski definition) is 5. The minimum absolute atomic E-state index is 0.156. The maximum absolute atomic E-state index is 12.2. The summed E-state index contributed by atoms with van der Waals surface area (Å²) in [4.78, 5) is 24.3. The average molecular weight is 388 g/mol. The van der Waals surface area contributed by atoms with E-state index in [9.17, 15) is 9.59 Å². The van der Waals surface area contributed by atoms with Gasteiger partial charge in [0.2, 0.25) is 0 Å². The number of nitrogens with one attached hydrogen (secondary N) is 1. The lowest BCUT2D eigenvalue weighted by molar-refractivity contribution is -0.125. The van der Waals surface area contributed by atoms with Crippen molar-refractivity contribution in [3.8, 4) is 5.75 Å². The minimum Gasteiger partial charge on any atom is -0.496 e. The number of halogens is 1. The van der Waals surface area contributed by atoms with E-state index < -0.39 is 18.5 Å². The van der Waals surface area contributed by atoms with Crippen molar-refractivity contribution in [2.75, 3.05) is 13.7 Å². The fourth-order valence-electron chi connectivity index (χ4n) is 2.62. The van der Waals surface area contributed by atoms with Gasteiger partial charge >= 0.3 is 5.97 Å². The molecule has 0 radical (unpaired) electrons. The number of methoxy groups -OCH3 is 1. The lowest BCUT2D eigenvalue weighted by atomic mass is 10.2. The third-order valence-electron chi connectivity index (χ3n) is 3.96. The van der Waals surface area contributed by atoms with Crippen molar-refractivity contribution in [1.82, 2.24) is 5.32 Å². The Bertz CT molecular complexity index is 948. The molecule has 0 saturated carbocycles. The van der Waals surface area contributed by atoms with E-state index in [0.29, 0.717) is 16.5 Å². The molecule has 0 aliphatic carbocycles. The van der Waals surface area contributed by atoms with Crippen LogP contribution in [0.1, 0.15) is 29.1 Å². The van der Waals surface area contributed by atoms with E-state index in [2.05, 4.69) is 5.32 Å². The van der Waals surface area contributed by atoms with Gasteiger partial charge in [-0.05, 0) is 37.3 Å². The van der Waals surface area contributed by atoms with Crippen LogP contribution in [0, 0.1) is 0 Å². The van der Waals surface area contributed by atoms with Crippen molar-refractivity contribution in [3.63, 3.8) is 0 Å². The van der Waals surface area contributed by atoms with Gasteiger partial charge in [0.15, 0.2) is 6.61 Å². The maximum Gasteiger partial charge on any atom is 0.342 e. The molecule has 0 bridgehead atoms. The van der Waals surface area contributed by atoms with E-state index >= 15 is 0 Å². The van der Waals surface area contributed by atoms with Crippen molar-refractivity contribution in [3.05, 3.63) is 64.9 Å². The molecule has 6 nitrogen and oxygen atoms in total. The number of hydrogen-bond donors (Lipinski definition) is 1. The fourth-order valence-corrected chi connectivity index (χ4v) is 2.79. The molecule has 27 heavy (non-hydrogen) atoms. The quantitative estimate of drug-likeness (QED) is 0.643. The molecule has 7 heteroatoms. The van der Waals surface area contributed by atoms with Gasteiger partial charge < -0.3 is 19.2 Å². The van der Waals surface area contributed by atoms with Crippen LogP contribution in [-0.2, 0) is 9.53 Å². The van der Waals surface area contributed by atoms with Gasteiger partial charge in [-0.2, -0.15) is 0 Å². The van der Waals surface area contributed by atoms with Crippen LogP contribution in [0.4, 0.5) is 0 Å². The fraction of sp³-hybridized carbons (Fsp3) is 0.200. The second kappa shape index (κ2) is 8.14. The van der Waals surface area contributed by atoms with Gasteiger partial charge in [0.25, 0.3) is 5.91 Å². The lowest BCUT2D eigenvalue weighted by Gasteiger charge is -2.12. The van der Waals surface area contributed by atoms with Crippen LogP contribution < -0.4 is 10.1 Å². The molecule has 0 spiro atoms. The molecule has 1 N–H and O–H groups in total. The standard InChI is InChI=1S/C20H18ClNO5/c1-12(18-9-13-5-3-4-6-16(13)27-18)22-19(23)11-26-20(24)15-10-14(21)7-8-17(15)25-2/h3-10,12H,11H2,1-2H3,(H,22,23)/t12-/m1/s1. The van der Waals surface area contributed by atoms with Crippen molar-refractivity contribution < 1.29 is 23.5 Å². The van der Waals surface area contributed by atoms with E-state index in [1.165, 1.54) is 13.2 Å². The van der Waals surface area contributed by atoms with Gasteiger partial charge in [-0.3, -0.25) is 4.79 Å². The molecule has 3 rings (SSSR count). The second-order valence-corrected chi connectivity index (χ2v) is 6.33. The van der Waals surface area contributed by atoms with Crippen molar-refractivity contribution >= 4 is 34.4 Å². The topological polar surface area (TPSA) is 77.8 Å². The number of amides is 1. The largest absolute Gasteiger partial charge is 0.496 e. The highest BCUT2D eigenvalue weighted by Crippen LogP contribution is 2.24. The van der Waals surface area contributed by atoms with E-state index in [4.69, 9.17) is 25.5 Å². The van der Waals surface area contributed by atoms with Crippen LogP contribution >= 0.6 is 11.6 Å². The summed E-state index contributed by atoms with van der Waals surface area (Å²) in [6.07, 6.45) is 0. The van der Waals surface area contributed by atoms with Crippen LogP contribution in [0.2, 0.25) is 5.02 Å². The monoisotopic (exact) mass is 387 g/mol. The minimum atomic E-state index is -0.694. The number of carbonyl (C=O) groups is 2. The highest BCUT2D eigenvalue weighted by Gasteiger charge is 2.18. The molecule has 1 atom stereocenters. The Hall–Kier alpha value is -2.99. The van der Waals surface area contributed by atoms with E-state index in [1.54, 1.807) is 19.1 Å². The molecule has 3 aromatic rings. The highest BCUT2D eigenvalue weighted by molar-refractivity contribution is 6.31. The first-order valence-electron chi connectivity index (χ1n) is 8.26. The van der Waals surface area contributed by atoms with Crippen molar-refractivity contribution in [2.24, 2.45) is 0 Å². The number of rotatable bonds is 6. The summed E-state index contributed by atoms with van der Waals surface area (Å²) in [5, 5.41) is 4.06. The summed E-state index contributed by atoms with van der Waals surface area (Å²) in [5.74, 6) is -0.203. The van der Waals surface area contributed by atoms with Crippen LogP contribution in [0.25, 0.3) is 11.0 Å². The smallest absolute Gasteiger partial charge is 0.342 e. The van der Waals surface area contributed by atoms with E-state index in [-0.39, 0.29) is 11.6 Å². The lowest BCUT2D eigenvalue weighted by Crippen LogP contribution is -2.31. The maximum atomic E-state index is 12.2. The van der Waals surface area contributed by atoms with Gasteiger partial charge in [-0.15, -0.1) is 0 Å². The molecule has 0 unspecified atom stereocenters. The molecule has 0 aliphatic rings.